The Hall–Kier alpha value is -3.29. The van der Waals surface area contributed by atoms with E-state index < -0.39 is 0 Å². The number of rotatable bonds is 9. The largest absolute Gasteiger partial charge is 0.493 e. The zero-order chi connectivity index (χ0) is 22.0. The molecule has 0 aliphatic rings. The van der Waals surface area contributed by atoms with Gasteiger partial charge in [0.25, 0.3) is 0 Å². The topological polar surface area (TPSA) is 9.23 Å². The summed E-state index contributed by atoms with van der Waals surface area (Å²) in [4.78, 5) is 0. The van der Waals surface area contributed by atoms with E-state index >= 15 is 0 Å². The molecule has 0 atom stereocenters. The molecular formula is C30H27ClO. The van der Waals surface area contributed by atoms with Crippen LogP contribution in [0.15, 0.2) is 115 Å². The van der Waals surface area contributed by atoms with Crippen molar-refractivity contribution in [2.75, 3.05) is 12.5 Å². The predicted molar refractivity (Wildman–Crippen MR) is 136 cm³/mol. The smallest absolute Gasteiger partial charge is 0.119 e. The van der Waals surface area contributed by atoms with Gasteiger partial charge in [-0.2, -0.15) is 0 Å². The summed E-state index contributed by atoms with van der Waals surface area (Å²) in [5, 5.41) is 0. The van der Waals surface area contributed by atoms with E-state index in [-0.39, 0.29) is 0 Å². The molecule has 4 rings (SSSR count). The van der Waals surface area contributed by atoms with Gasteiger partial charge in [0.15, 0.2) is 0 Å². The molecule has 4 aromatic rings. The van der Waals surface area contributed by atoms with E-state index in [1.807, 2.05) is 12.1 Å². The average molecular weight is 439 g/mol. The molecular weight excluding hydrogens is 412 g/mol. The van der Waals surface area contributed by atoms with Crippen LogP contribution in [-0.2, 0) is 6.42 Å². The first-order chi connectivity index (χ1) is 15.8. The van der Waals surface area contributed by atoms with Gasteiger partial charge in [-0.1, -0.05) is 103 Å². The van der Waals surface area contributed by atoms with E-state index in [9.17, 15) is 0 Å². The Balaban J connectivity index is 1.63. The van der Waals surface area contributed by atoms with Crippen LogP contribution in [-0.4, -0.2) is 12.5 Å². The summed E-state index contributed by atoms with van der Waals surface area (Å²) in [6.07, 6.45) is 1.69. The third-order valence-corrected chi connectivity index (χ3v) is 5.67. The molecule has 0 spiro atoms. The van der Waals surface area contributed by atoms with Gasteiger partial charge in [-0.3, -0.25) is 0 Å². The fourth-order valence-electron chi connectivity index (χ4n) is 3.92. The van der Waals surface area contributed by atoms with Crippen molar-refractivity contribution in [2.24, 2.45) is 0 Å². The van der Waals surface area contributed by atoms with E-state index in [1.165, 1.54) is 27.8 Å². The van der Waals surface area contributed by atoms with Gasteiger partial charge >= 0.3 is 0 Å². The minimum atomic E-state index is 0.571. The third-order valence-electron chi connectivity index (χ3n) is 5.48. The molecule has 0 N–H and O–H groups in total. The van der Waals surface area contributed by atoms with Crippen molar-refractivity contribution in [1.82, 2.24) is 0 Å². The van der Waals surface area contributed by atoms with Crippen LogP contribution in [0, 0.1) is 0 Å². The van der Waals surface area contributed by atoms with Crippen LogP contribution in [0.5, 0.6) is 5.75 Å². The van der Waals surface area contributed by atoms with E-state index in [0.717, 1.165) is 24.2 Å². The monoisotopic (exact) mass is 438 g/mol. The molecule has 2 heteroatoms. The Kier molecular flexibility index (Phi) is 7.79. The van der Waals surface area contributed by atoms with Crippen LogP contribution >= 0.6 is 11.6 Å². The highest BCUT2D eigenvalue weighted by Gasteiger charge is 2.14. The summed E-state index contributed by atoms with van der Waals surface area (Å²) in [7, 11) is 0. The molecule has 0 aromatic heterocycles. The van der Waals surface area contributed by atoms with Crippen molar-refractivity contribution in [1.29, 1.82) is 0 Å². The van der Waals surface area contributed by atoms with Gasteiger partial charge in [0.2, 0.25) is 0 Å². The maximum Gasteiger partial charge on any atom is 0.119 e. The lowest BCUT2D eigenvalue weighted by atomic mass is 9.88. The second kappa shape index (κ2) is 11.4. The molecule has 0 saturated heterocycles. The highest BCUT2D eigenvalue weighted by molar-refractivity contribution is 6.18. The molecule has 0 radical (unpaired) electrons. The summed E-state index contributed by atoms with van der Waals surface area (Å²) >= 11 is 6.24. The Labute approximate surface area is 196 Å². The van der Waals surface area contributed by atoms with Gasteiger partial charge in [0.1, 0.15) is 5.75 Å². The van der Waals surface area contributed by atoms with E-state index in [2.05, 4.69) is 103 Å². The van der Waals surface area contributed by atoms with Crippen LogP contribution in [0.4, 0.5) is 0 Å². The highest BCUT2D eigenvalue weighted by atomic mass is 35.5. The van der Waals surface area contributed by atoms with Crippen LogP contribution in [0.3, 0.4) is 0 Å². The van der Waals surface area contributed by atoms with Gasteiger partial charge in [0, 0.05) is 12.3 Å². The molecule has 0 aliphatic carbocycles. The number of hydrogen-bond acceptors (Lipinski definition) is 1. The van der Waals surface area contributed by atoms with Gasteiger partial charge in [-0.25, -0.2) is 0 Å². The third kappa shape index (κ3) is 5.69. The Morgan fingerprint density at radius 3 is 1.72 bits per heavy atom. The van der Waals surface area contributed by atoms with Crippen molar-refractivity contribution in [3.63, 3.8) is 0 Å². The van der Waals surface area contributed by atoms with Gasteiger partial charge < -0.3 is 4.74 Å². The summed E-state index contributed by atoms with van der Waals surface area (Å²) < 4.78 is 6.01. The van der Waals surface area contributed by atoms with Crippen molar-refractivity contribution in [3.05, 3.63) is 138 Å². The fraction of sp³-hybridized carbons (Fsp3) is 0.133. The zero-order valence-corrected chi connectivity index (χ0v) is 18.8. The van der Waals surface area contributed by atoms with E-state index in [0.29, 0.717) is 12.5 Å². The van der Waals surface area contributed by atoms with Gasteiger partial charge in [-0.15, -0.1) is 11.6 Å². The zero-order valence-electron chi connectivity index (χ0n) is 18.1. The standard InChI is InChI=1S/C30H27ClO/c31-22-20-29(25-12-6-2-7-13-25)30(26-14-8-3-9-15-26)27-16-18-28(19-17-27)32-23-21-24-10-4-1-5-11-24/h1-19H,20-23H2/b30-29-. The SMILES string of the molecule is ClCC/C(=C(\c1ccccc1)c1ccc(OCCc2ccccc2)cc1)c1ccccc1. The quantitative estimate of drug-likeness (QED) is 0.190. The molecule has 0 saturated carbocycles. The Bertz CT molecular complexity index is 1120. The maximum atomic E-state index is 6.24. The van der Waals surface area contributed by atoms with Gasteiger partial charge in [0.05, 0.1) is 6.61 Å². The summed E-state index contributed by atoms with van der Waals surface area (Å²) in [6, 6.07) is 39.9. The van der Waals surface area contributed by atoms with Gasteiger partial charge in [-0.05, 0) is 52.0 Å². The van der Waals surface area contributed by atoms with Crippen molar-refractivity contribution >= 4 is 22.7 Å². The maximum absolute atomic E-state index is 6.24. The number of benzene rings is 4. The van der Waals surface area contributed by atoms with Crippen LogP contribution in [0.25, 0.3) is 11.1 Å². The number of ether oxygens (including phenoxy) is 1. The first-order valence-corrected chi connectivity index (χ1v) is 11.6. The Morgan fingerprint density at radius 2 is 1.12 bits per heavy atom. The van der Waals surface area contributed by atoms with Crippen LogP contribution in [0.2, 0.25) is 0 Å². The highest BCUT2D eigenvalue weighted by Crippen LogP contribution is 2.35. The first kappa shape index (κ1) is 21.9. The molecule has 32 heavy (non-hydrogen) atoms. The normalized spacial score (nSPS) is 11.7. The number of allylic oxidation sites excluding steroid dienone is 1. The minimum absolute atomic E-state index is 0.571. The first-order valence-electron chi connectivity index (χ1n) is 11.0. The molecule has 0 unspecified atom stereocenters. The lowest BCUT2D eigenvalue weighted by Gasteiger charge is -2.17. The molecule has 0 aliphatic heterocycles. The molecule has 0 bridgehead atoms. The average Bonchev–Trinajstić information content (AvgIpc) is 2.86. The molecule has 160 valence electrons. The van der Waals surface area contributed by atoms with Crippen LogP contribution < -0.4 is 4.74 Å². The van der Waals surface area contributed by atoms with E-state index in [4.69, 9.17) is 16.3 Å². The second-order valence-corrected chi connectivity index (χ2v) is 8.01. The summed E-state index contributed by atoms with van der Waals surface area (Å²) in [5.74, 6) is 1.46. The van der Waals surface area contributed by atoms with Crippen molar-refractivity contribution < 1.29 is 4.74 Å². The summed E-state index contributed by atoms with van der Waals surface area (Å²) in [5.41, 5.74) is 7.31. The number of hydrogen-bond donors (Lipinski definition) is 0. The molecule has 1 nitrogen and oxygen atoms in total. The molecule has 0 amide bonds. The molecule has 4 aromatic carbocycles. The lowest BCUT2D eigenvalue weighted by Crippen LogP contribution is -2.01. The minimum Gasteiger partial charge on any atom is -0.493 e. The predicted octanol–water partition coefficient (Wildman–Crippen LogP) is 7.90. The fourth-order valence-corrected chi connectivity index (χ4v) is 4.11. The molecule has 0 fully saturated rings. The number of alkyl halides is 1. The summed E-state index contributed by atoms with van der Waals surface area (Å²) in [6.45, 7) is 0.659. The van der Waals surface area contributed by atoms with Crippen molar-refractivity contribution in [3.8, 4) is 5.75 Å². The van der Waals surface area contributed by atoms with Crippen LogP contribution in [0.1, 0.15) is 28.7 Å². The van der Waals surface area contributed by atoms with E-state index in [1.54, 1.807) is 0 Å². The molecule has 0 heterocycles. The number of halogens is 1. The Morgan fingerprint density at radius 1 is 0.594 bits per heavy atom. The second-order valence-electron chi connectivity index (χ2n) is 7.63. The lowest BCUT2D eigenvalue weighted by molar-refractivity contribution is 0.322. The van der Waals surface area contributed by atoms with Crippen molar-refractivity contribution in [2.45, 2.75) is 12.8 Å².